The number of carbonyl (C=O) groups is 2. The molecule has 0 radical (unpaired) electrons. The molecule has 1 atom stereocenters. The Morgan fingerprint density at radius 2 is 1.70 bits per heavy atom. The van der Waals surface area contributed by atoms with Gasteiger partial charge in [-0.1, -0.05) is 33.8 Å². The number of nitrogens with one attached hydrogen (secondary N) is 2. The maximum Gasteiger partial charge on any atom is 0.257 e. The number of hydrogen-bond acceptors (Lipinski definition) is 4. The fourth-order valence-corrected chi connectivity index (χ4v) is 2.95. The van der Waals surface area contributed by atoms with Crippen molar-refractivity contribution < 1.29 is 22.8 Å². The Morgan fingerprint density at radius 1 is 1.03 bits per heavy atom. The van der Waals surface area contributed by atoms with E-state index in [4.69, 9.17) is 4.42 Å². The van der Waals surface area contributed by atoms with Crippen molar-refractivity contribution in [2.75, 3.05) is 5.32 Å². The maximum absolute atomic E-state index is 13.9. The number of carbonyl (C=O) groups excluding carboxylic acids is 2. The minimum absolute atomic E-state index is 0.120. The van der Waals surface area contributed by atoms with E-state index in [2.05, 4.69) is 15.6 Å². The molecule has 3 rings (SSSR count). The van der Waals surface area contributed by atoms with E-state index >= 15 is 0 Å². The van der Waals surface area contributed by atoms with Crippen LogP contribution in [0.15, 0.2) is 40.8 Å². The molecule has 3 aromatic rings. The largest absolute Gasteiger partial charge is 0.440 e. The number of amides is 2. The number of anilines is 1. The standard InChI is InChI=1S/C22H23F2N3O3/c1-11(2)19(27-20(28)18-14(23)6-5-7-15(18)24)21(29)25-13-8-9-17-16(10-13)26-22(30-17)12(3)4/h5-12,19H,1-4H3,(H,25,29)(H,27,28). The minimum Gasteiger partial charge on any atom is -0.440 e. The zero-order valence-electron chi connectivity index (χ0n) is 17.1. The fourth-order valence-electron chi connectivity index (χ4n) is 2.95. The summed E-state index contributed by atoms with van der Waals surface area (Å²) >= 11 is 0. The van der Waals surface area contributed by atoms with Crippen LogP contribution in [0.25, 0.3) is 11.1 Å². The molecule has 0 bridgehead atoms. The lowest BCUT2D eigenvalue weighted by atomic mass is 10.0. The monoisotopic (exact) mass is 415 g/mol. The third-order valence-electron chi connectivity index (χ3n) is 4.59. The molecule has 0 spiro atoms. The molecule has 1 heterocycles. The minimum atomic E-state index is -1.00. The van der Waals surface area contributed by atoms with Gasteiger partial charge in [0.1, 0.15) is 28.8 Å². The first-order valence-corrected chi connectivity index (χ1v) is 9.63. The van der Waals surface area contributed by atoms with Crippen LogP contribution in [0.1, 0.15) is 49.9 Å². The van der Waals surface area contributed by atoms with Gasteiger partial charge in [-0.05, 0) is 36.2 Å². The first-order valence-electron chi connectivity index (χ1n) is 9.63. The summed E-state index contributed by atoms with van der Waals surface area (Å²) in [7, 11) is 0. The van der Waals surface area contributed by atoms with Crippen LogP contribution in [0.4, 0.5) is 14.5 Å². The number of nitrogens with zero attached hydrogens (tertiary/aromatic N) is 1. The van der Waals surface area contributed by atoms with Crippen LogP contribution in [0.3, 0.4) is 0 Å². The first kappa shape index (κ1) is 21.4. The number of aromatic nitrogens is 1. The summed E-state index contributed by atoms with van der Waals surface area (Å²) in [6.07, 6.45) is 0. The molecule has 1 aromatic heterocycles. The van der Waals surface area contributed by atoms with Gasteiger partial charge in [0, 0.05) is 11.6 Å². The predicted octanol–water partition coefficient (Wildman–Crippen LogP) is 4.62. The van der Waals surface area contributed by atoms with E-state index in [0.717, 1.165) is 12.1 Å². The molecule has 0 aliphatic rings. The molecule has 2 aromatic carbocycles. The lowest BCUT2D eigenvalue weighted by Gasteiger charge is -2.22. The Morgan fingerprint density at radius 3 is 2.30 bits per heavy atom. The van der Waals surface area contributed by atoms with Crippen LogP contribution in [0.2, 0.25) is 0 Å². The van der Waals surface area contributed by atoms with Crippen molar-refractivity contribution in [3.8, 4) is 0 Å². The molecule has 0 aliphatic heterocycles. The molecule has 1 unspecified atom stereocenters. The molecule has 2 amide bonds. The van der Waals surface area contributed by atoms with Crippen molar-refractivity contribution in [1.29, 1.82) is 0 Å². The van der Waals surface area contributed by atoms with E-state index in [1.54, 1.807) is 32.0 Å². The summed E-state index contributed by atoms with van der Waals surface area (Å²) in [5.41, 5.74) is 0.935. The van der Waals surface area contributed by atoms with E-state index < -0.39 is 35.1 Å². The SMILES string of the molecule is CC(C)c1nc2cc(NC(=O)C(NC(=O)c3c(F)cccc3F)C(C)C)ccc2o1. The van der Waals surface area contributed by atoms with Gasteiger partial charge in [-0.15, -0.1) is 0 Å². The Balaban J connectivity index is 1.79. The van der Waals surface area contributed by atoms with Crippen LogP contribution in [0, 0.1) is 17.6 Å². The zero-order valence-corrected chi connectivity index (χ0v) is 17.1. The van der Waals surface area contributed by atoms with Crippen molar-refractivity contribution >= 4 is 28.6 Å². The molecule has 158 valence electrons. The van der Waals surface area contributed by atoms with Crippen molar-refractivity contribution in [3.63, 3.8) is 0 Å². The van der Waals surface area contributed by atoms with Gasteiger partial charge in [0.2, 0.25) is 5.91 Å². The van der Waals surface area contributed by atoms with E-state index in [1.165, 1.54) is 6.07 Å². The summed E-state index contributed by atoms with van der Waals surface area (Å²) in [5.74, 6) is -3.11. The second-order valence-corrected chi connectivity index (χ2v) is 7.67. The highest BCUT2D eigenvalue weighted by atomic mass is 19.1. The van der Waals surface area contributed by atoms with Gasteiger partial charge in [0.25, 0.3) is 5.91 Å². The van der Waals surface area contributed by atoms with E-state index in [1.807, 2.05) is 13.8 Å². The van der Waals surface area contributed by atoms with E-state index in [0.29, 0.717) is 22.7 Å². The normalized spacial score (nSPS) is 12.4. The Bertz CT molecular complexity index is 1070. The highest BCUT2D eigenvalue weighted by Gasteiger charge is 2.27. The molecule has 0 fully saturated rings. The first-order chi connectivity index (χ1) is 14.2. The summed E-state index contributed by atoms with van der Waals surface area (Å²) in [6, 6.07) is 7.15. The predicted molar refractivity (Wildman–Crippen MR) is 109 cm³/mol. The van der Waals surface area contributed by atoms with Crippen LogP contribution in [0.5, 0.6) is 0 Å². The molecule has 0 saturated carbocycles. The zero-order chi connectivity index (χ0) is 22.0. The molecular formula is C22H23F2N3O3. The van der Waals surface area contributed by atoms with E-state index in [9.17, 15) is 18.4 Å². The van der Waals surface area contributed by atoms with Gasteiger partial charge in [0.05, 0.1) is 0 Å². The number of oxazole rings is 1. The topological polar surface area (TPSA) is 84.2 Å². The second kappa shape index (κ2) is 8.61. The molecule has 0 saturated heterocycles. The number of halogens is 2. The quantitative estimate of drug-likeness (QED) is 0.615. The van der Waals surface area contributed by atoms with Gasteiger partial charge >= 0.3 is 0 Å². The van der Waals surface area contributed by atoms with Gasteiger partial charge in [-0.25, -0.2) is 13.8 Å². The molecule has 0 aliphatic carbocycles. The van der Waals surface area contributed by atoms with Gasteiger partial charge in [-0.3, -0.25) is 9.59 Å². The highest BCUT2D eigenvalue weighted by molar-refractivity contribution is 6.02. The molecule has 2 N–H and O–H groups in total. The number of hydrogen-bond donors (Lipinski definition) is 2. The Labute approximate surface area is 172 Å². The summed E-state index contributed by atoms with van der Waals surface area (Å²) in [4.78, 5) is 29.6. The van der Waals surface area contributed by atoms with Crippen molar-refractivity contribution in [1.82, 2.24) is 10.3 Å². The molecule has 6 nitrogen and oxygen atoms in total. The molecule has 8 heteroatoms. The Kier molecular flexibility index (Phi) is 6.14. The third kappa shape index (κ3) is 4.48. The van der Waals surface area contributed by atoms with Crippen molar-refractivity contribution in [2.45, 2.75) is 39.7 Å². The van der Waals surface area contributed by atoms with Crippen molar-refractivity contribution in [2.24, 2.45) is 5.92 Å². The average Bonchev–Trinajstić information content (AvgIpc) is 3.09. The Hall–Kier alpha value is -3.29. The third-order valence-corrected chi connectivity index (χ3v) is 4.59. The molecular weight excluding hydrogens is 392 g/mol. The summed E-state index contributed by atoms with van der Waals surface area (Å²) < 4.78 is 33.4. The van der Waals surface area contributed by atoms with Crippen molar-refractivity contribution in [3.05, 3.63) is 59.5 Å². The number of rotatable bonds is 6. The average molecular weight is 415 g/mol. The van der Waals surface area contributed by atoms with E-state index in [-0.39, 0.29) is 11.8 Å². The van der Waals surface area contributed by atoms with Crippen LogP contribution >= 0.6 is 0 Å². The smallest absolute Gasteiger partial charge is 0.257 e. The maximum atomic E-state index is 13.9. The number of fused-ring (bicyclic) bond motifs is 1. The van der Waals surface area contributed by atoms with Gasteiger partial charge in [0.15, 0.2) is 11.5 Å². The lowest BCUT2D eigenvalue weighted by molar-refractivity contribution is -0.118. The van der Waals surface area contributed by atoms with Crippen LogP contribution < -0.4 is 10.6 Å². The van der Waals surface area contributed by atoms with Gasteiger partial charge < -0.3 is 15.1 Å². The van der Waals surface area contributed by atoms with Gasteiger partial charge in [-0.2, -0.15) is 0 Å². The summed E-state index contributed by atoms with van der Waals surface area (Å²) in [5, 5.41) is 5.14. The summed E-state index contributed by atoms with van der Waals surface area (Å²) in [6.45, 7) is 7.36. The lowest BCUT2D eigenvalue weighted by Crippen LogP contribution is -2.47. The molecule has 30 heavy (non-hydrogen) atoms. The highest BCUT2D eigenvalue weighted by Crippen LogP contribution is 2.24. The number of benzene rings is 2. The second-order valence-electron chi connectivity index (χ2n) is 7.67. The fraction of sp³-hybridized carbons (Fsp3) is 0.318. The van der Waals surface area contributed by atoms with Crippen LogP contribution in [-0.2, 0) is 4.79 Å². The van der Waals surface area contributed by atoms with Crippen LogP contribution in [-0.4, -0.2) is 22.8 Å².